The summed E-state index contributed by atoms with van der Waals surface area (Å²) in [5.41, 5.74) is 1.72. The topological polar surface area (TPSA) is 71.9 Å². The van der Waals surface area contributed by atoms with Crippen molar-refractivity contribution in [2.45, 2.75) is 0 Å². The number of hydrogen-bond acceptors (Lipinski definition) is 4. The summed E-state index contributed by atoms with van der Waals surface area (Å²) in [5, 5.41) is 10.7. The molecule has 2 N–H and O–H groups in total. The zero-order valence-electron chi connectivity index (χ0n) is 14.9. The first kappa shape index (κ1) is 18.0. The second-order valence-electron chi connectivity index (χ2n) is 6.60. The van der Waals surface area contributed by atoms with Crippen molar-refractivity contribution in [3.63, 3.8) is 0 Å². The highest BCUT2D eigenvalue weighted by Crippen LogP contribution is 2.28. The van der Waals surface area contributed by atoms with Crippen LogP contribution in [0.15, 0.2) is 41.4 Å². The molecule has 0 bridgehead atoms. The van der Waals surface area contributed by atoms with Gasteiger partial charge in [-0.15, -0.1) is 0 Å². The van der Waals surface area contributed by atoms with Crippen molar-refractivity contribution in [2.24, 2.45) is 4.99 Å². The first-order valence-electron chi connectivity index (χ1n) is 8.83. The number of hydrogen-bond donors (Lipinski definition) is 2. The number of carbonyl (C=O) groups is 1. The number of fused-ring (bicyclic) bond motifs is 1. The zero-order chi connectivity index (χ0) is 19.7. The number of nitrogens with one attached hydrogen (secondary N) is 1. The lowest BCUT2D eigenvalue weighted by Crippen LogP contribution is -2.46. The van der Waals surface area contributed by atoms with E-state index >= 15 is 0 Å². The number of benzene rings is 2. The van der Waals surface area contributed by atoms with Crippen molar-refractivity contribution >= 4 is 34.9 Å². The fourth-order valence-corrected chi connectivity index (χ4v) is 3.35. The van der Waals surface area contributed by atoms with E-state index in [1.165, 1.54) is 24.4 Å². The van der Waals surface area contributed by atoms with Gasteiger partial charge >= 0.3 is 0 Å². The molecule has 28 heavy (non-hydrogen) atoms. The highest BCUT2D eigenvalue weighted by atomic mass is 19.1. The van der Waals surface area contributed by atoms with Crippen LogP contribution in [0.5, 0.6) is 5.88 Å². The maximum Gasteiger partial charge on any atom is 0.209 e. The number of aromatic nitrogens is 1. The van der Waals surface area contributed by atoms with Crippen LogP contribution in [-0.4, -0.2) is 53.8 Å². The van der Waals surface area contributed by atoms with E-state index in [0.29, 0.717) is 54.0 Å². The highest BCUT2D eigenvalue weighted by molar-refractivity contribution is 6.02. The van der Waals surface area contributed by atoms with E-state index in [2.05, 4.69) is 9.98 Å². The first-order valence-corrected chi connectivity index (χ1v) is 8.83. The Balaban J connectivity index is 1.55. The molecule has 4 rings (SSSR count). The summed E-state index contributed by atoms with van der Waals surface area (Å²) in [5.74, 6) is -0.946. The van der Waals surface area contributed by atoms with E-state index in [1.807, 2.05) is 4.90 Å². The van der Waals surface area contributed by atoms with Gasteiger partial charge in [0.05, 0.1) is 22.5 Å². The summed E-state index contributed by atoms with van der Waals surface area (Å²) in [7, 11) is 0. The van der Waals surface area contributed by atoms with Gasteiger partial charge in [0.15, 0.2) is 5.88 Å². The van der Waals surface area contributed by atoms with Crippen LogP contribution in [0.3, 0.4) is 0 Å². The Kier molecular flexibility index (Phi) is 4.68. The number of halogens is 2. The Hall–Kier alpha value is -3.42. The van der Waals surface area contributed by atoms with Crippen LogP contribution >= 0.6 is 0 Å². The van der Waals surface area contributed by atoms with Crippen LogP contribution in [0.2, 0.25) is 0 Å². The van der Waals surface area contributed by atoms with Crippen LogP contribution < -0.4 is 4.90 Å². The van der Waals surface area contributed by atoms with Crippen molar-refractivity contribution in [3.8, 4) is 5.88 Å². The summed E-state index contributed by atoms with van der Waals surface area (Å²) >= 11 is 0. The number of piperazine rings is 1. The molecule has 0 radical (unpaired) electrons. The van der Waals surface area contributed by atoms with Crippen molar-refractivity contribution in [1.29, 1.82) is 0 Å². The quantitative estimate of drug-likeness (QED) is 0.536. The molecule has 0 saturated carbocycles. The van der Waals surface area contributed by atoms with Gasteiger partial charge in [0.2, 0.25) is 6.41 Å². The highest BCUT2D eigenvalue weighted by Gasteiger charge is 2.18. The summed E-state index contributed by atoms with van der Waals surface area (Å²) in [6, 6.07) is 8.79. The lowest BCUT2D eigenvalue weighted by molar-refractivity contribution is -0.118. The largest absolute Gasteiger partial charge is 0.494 e. The first-order chi connectivity index (χ1) is 13.5. The number of carbonyl (C=O) groups excluding carboxylic acids is 1. The Morgan fingerprint density at radius 2 is 1.86 bits per heavy atom. The van der Waals surface area contributed by atoms with E-state index in [-0.39, 0.29) is 5.88 Å². The van der Waals surface area contributed by atoms with E-state index in [1.54, 1.807) is 23.1 Å². The van der Waals surface area contributed by atoms with Gasteiger partial charge in [0.1, 0.15) is 11.6 Å². The molecule has 0 unspecified atom stereocenters. The molecule has 6 nitrogen and oxygen atoms in total. The minimum Gasteiger partial charge on any atom is -0.494 e. The smallest absolute Gasteiger partial charge is 0.209 e. The third kappa shape index (κ3) is 3.40. The molecule has 2 aromatic carbocycles. The molecule has 1 aliphatic heterocycles. The van der Waals surface area contributed by atoms with Crippen LogP contribution in [0.1, 0.15) is 5.56 Å². The Labute approximate surface area is 159 Å². The van der Waals surface area contributed by atoms with Crippen LogP contribution in [0, 0.1) is 11.6 Å². The second kappa shape index (κ2) is 7.30. The van der Waals surface area contributed by atoms with Crippen LogP contribution in [-0.2, 0) is 4.79 Å². The molecule has 0 aliphatic carbocycles. The van der Waals surface area contributed by atoms with Gasteiger partial charge in [-0.05, 0) is 30.3 Å². The standard InChI is InChI=1S/C20H18F2N4O2/c21-13-1-3-15-16(20(28)24-18(15)9-13)11-23-14-2-4-19(17(22)10-14)26-7-5-25(12-27)6-8-26/h1-4,9-12,24,28H,5-8H2. The zero-order valence-corrected chi connectivity index (χ0v) is 14.9. The molecule has 144 valence electrons. The fourth-order valence-electron chi connectivity index (χ4n) is 3.35. The third-order valence-electron chi connectivity index (χ3n) is 4.86. The summed E-state index contributed by atoms with van der Waals surface area (Å²) in [6.07, 6.45) is 2.23. The number of aliphatic imine (C=N–C) groups is 1. The molecular weight excluding hydrogens is 366 g/mol. The van der Waals surface area contributed by atoms with E-state index in [9.17, 15) is 18.7 Å². The number of aromatic hydroxyl groups is 1. The van der Waals surface area contributed by atoms with Crippen molar-refractivity contribution in [2.75, 3.05) is 31.1 Å². The van der Waals surface area contributed by atoms with E-state index in [0.717, 1.165) is 6.41 Å². The van der Waals surface area contributed by atoms with E-state index < -0.39 is 11.6 Å². The van der Waals surface area contributed by atoms with Gasteiger partial charge in [-0.1, -0.05) is 0 Å². The fraction of sp³-hybridized carbons (Fsp3) is 0.200. The van der Waals surface area contributed by atoms with Crippen molar-refractivity contribution in [1.82, 2.24) is 9.88 Å². The molecule has 1 saturated heterocycles. The molecule has 1 amide bonds. The Morgan fingerprint density at radius 3 is 2.57 bits per heavy atom. The Bertz CT molecular complexity index is 1060. The number of nitrogens with zero attached hydrogens (tertiary/aromatic N) is 3. The van der Waals surface area contributed by atoms with Crippen molar-refractivity contribution < 1.29 is 18.7 Å². The van der Waals surface area contributed by atoms with Gasteiger partial charge in [-0.2, -0.15) is 0 Å². The third-order valence-corrected chi connectivity index (χ3v) is 4.86. The van der Waals surface area contributed by atoms with Gasteiger partial charge in [-0.3, -0.25) is 9.79 Å². The maximum atomic E-state index is 14.6. The number of amides is 1. The summed E-state index contributed by atoms with van der Waals surface area (Å²) in [6.45, 7) is 2.25. The predicted octanol–water partition coefficient (Wildman–Crippen LogP) is 3.18. The van der Waals surface area contributed by atoms with Gasteiger partial charge < -0.3 is 19.9 Å². The molecular formula is C20H18F2N4O2. The molecule has 8 heteroatoms. The predicted molar refractivity (Wildman–Crippen MR) is 103 cm³/mol. The number of aromatic amines is 1. The average Bonchev–Trinajstić information content (AvgIpc) is 3.00. The molecule has 0 spiro atoms. The molecule has 1 aromatic heterocycles. The molecule has 0 atom stereocenters. The minimum atomic E-state index is -0.413. The second-order valence-corrected chi connectivity index (χ2v) is 6.60. The molecule has 3 aromatic rings. The minimum absolute atomic E-state index is 0.130. The van der Waals surface area contributed by atoms with Crippen LogP contribution in [0.4, 0.5) is 20.2 Å². The molecule has 1 aliphatic rings. The summed E-state index contributed by atoms with van der Waals surface area (Å²) in [4.78, 5) is 21.3. The summed E-state index contributed by atoms with van der Waals surface area (Å²) < 4.78 is 27.9. The number of H-pyrrole nitrogens is 1. The van der Waals surface area contributed by atoms with Gasteiger partial charge in [-0.25, -0.2) is 8.78 Å². The lowest BCUT2D eigenvalue weighted by atomic mass is 10.2. The normalized spacial score (nSPS) is 14.9. The van der Waals surface area contributed by atoms with Gasteiger partial charge in [0.25, 0.3) is 0 Å². The monoisotopic (exact) mass is 384 g/mol. The molecule has 1 fully saturated rings. The van der Waals surface area contributed by atoms with Crippen molar-refractivity contribution in [3.05, 3.63) is 53.6 Å². The Morgan fingerprint density at radius 1 is 1.07 bits per heavy atom. The average molecular weight is 384 g/mol. The number of rotatable bonds is 4. The molecule has 2 heterocycles. The number of anilines is 1. The van der Waals surface area contributed by atoms with Gasteiger partial charge in [0, 0.05) is 43.8 Å². The SMILES string of the molecule is O=CN1CCN(c2ccc(N=Cc3c(O)[nH]c4cc(F)ccc34)cc2F)CC1. The van der Waals surface area contributed by atoms with E-state index in [4.69, 9.17) is 0 Å². The lowest BCUT2D eigenvalue weighted by Gasteiger charge is -2.34. The maximum absolute atomic E-state index is 14.6. The van der Waals surface area contributed by atoms with Crippen LogP contribution in [0.25, 0.3) is 10.9 Å².